The van der Waals surface area contributed by atoms with Crippen LogP contribution in [-0.2, 0) is 0 Å². The number of allylic oxidation sites excluding steroid dienone is 4. The molecule has 0 saturated heterocycles. The first kappa shape index (κ1) is 11.5. The average molecular weight is 166 g/mol. The van der Waals surface area contributed by atoms with Gasteiger partial charge in [0.2, 0.25) is 0 Å². The summed E-state index contributed by atoms with van der Waals surface area (Å²) < 4.78 is 0. The Hall–Kier alpha value is -0.520. The van der Waals surface area contributed by atoms with Gasteiger partial charge in [0.25, 0.3) is 0 Å². The molecule has 0 radical (unpaired) electrons. The van der Waals surface area contributed by atoms with Crippen molar-refractivity contribution in [3.05, 3.63) is 23.8 Å². The van der Waals surface area contributed by atoms with E-state index in [2.05, 4.69) is 39.0 Å². The van der Waals surface area contributed by atoms with E-state index in [1.165, 1.54) is 18.4 Å². The third-order valence-corrected chi connectivity index (χ3v) is 2.05. The molecule has 0 unspecified atom stereocenters. The van der Waals surface area contributed by atoms with Crippen LogP contribution >= 0.6 is 0 Å². The maximum Gasteiger partial charge on any atom is -0.0137 e. The van der Waals surface area contributed by atoms with E-state index in [0.717, 1.165) is 0 Å². The van der Waals surface area contributed by atoms with Gasteiger partial charge in [0.05, 0.1) is 0 Å². The predicted octanol–water partition coefficient (Wildman–Crippen LogP) is 4.34. The molecule has 70 valence electrons. The fourth-order valence-corrected chi connectivity index (χ4v) is 1.13. The van der Waals surface area contributed by atoms with Crippen LogP contribution in [0.2, 0.25) is 0 Å². The van der Waals surface area contributed by atoms with Crippen LogP contribution in [0, 0.1) is 5.41 Å². The molecule has 0 aliphatic heterocycles. The van der Waals surface area contributed by atoms with Crippen molar-refractivity contribution in [1.29, 1.82) is 0 Å². The van der Waals surface area contributed by atoms with Crippen LogP contribution in [-0.4, -0.2) is 0 Å². The molecule has 0 nitrogen and oxygen atoms in total. The molecule has 0 amide bonds. The summed E-state index contributed by atoms with van der Waals surface area (Å²) in [6.45, 7) is 10.7. The van der Waals surface area contributed by atoms with E-state index in [1.54, 1.807) is 0 Å². The molecule has 0 saturated carbocycles. The summed E-state index contributed by atoms with van der Waals surface area (Å²) in [5.41, 5.74) is 1.89. The summed E-state index contributed by atoms with van der Waals surface area (Å²) in [7, 11) is 0. The molecule has 0 aromatic heterocycles. The molecule has 0 spiro atoms. The topological polar surface area (TPSA) is 0 Å². The van der Waals surface area contributed by atoms with Gasteiger partial charge >= 0.3 is 0 Å². The van der Waals surface area contributed by atoms with Crippen molar-refractivity contribution in [3.63, 3.8) is 0 Å². The molecule has 0 aromatic carbocycles. The first-order chi connectivity index (χ1) is 5.64. The molecule has 1 rings (SSSR count). The van der Waals surface area contributed by atoms with Crippen LogP contribution in [0.3, 0.4) is 0 Å². The lowest BCUT2D eigenvalue weighted by atomic mass is 9.84. The zero-order chi connectivity index (χ0) is 9.61. The highest BCUT2D eigenvalue weighted by Gasteiger charge is 2.14. The lowest BCUT2D eigenvalue weighted by molar-refractivity contribution is 0.481. The average Bonchev–Trinajstić information content (AvgIpc) is 2.08. The van der Waals surface area contributed by atoms with Gasteiger partial charge in [-0.15, -0.1) is 0 Å². The van der Waals surface area contributed by atoms with Gasteiger partial charge in [-0.25, -0.2) is 0 Å². The predicted molar refractivity (Wildman–Crippen MR) is 57.3 cm³/mol. The lowest BCUT2D eigenvalue weighted by Crippen LogP contribution is -2.08. The Bertz CT molecular complexity index is 170. The van der Waals surface area contributed by atoms with Gasteiger partial charge in [-0.1, -0.05) is 58.4 Å². The summed E-state index contributed by atoms with van der Waals surface area (Å²) in [4.78, 5) is 0. The van der Waals surface area contributed by atoms with Crippen LogP contribution in [0.5, 0.6) is 0 Å². The fourth-order valence-electron chi connectivity index (χ4n) is 1.13. The number of hydrogen-bond acceptors (Lipinski definition) is 0. The normalized spacial score (nSPS) is 19.2. The third-order valence-electron chi connectivity index (χ3n) is 2.05. The van der Waals surface area contributed by atoms with Gasteiger partial charge in [0.15, 0.2) is 0 Å². The van der Waals surface area contributed by atoms with E-state index in [1.807, 2.05) is 13.8 Å². The largest absolute Gasteiger partial charge is 0.0805 e. The van der Waals surface area contributed by atoms with E-state index in [-0.39, 0.29) is 0 Å². The summed E-state index contributed by atoms with van der Waals surface area (Å²) in [5, 5.41) is 0. The zero-order valence-corrected chi connectivity index (χ0v) is 9.15. The van der Waals surface area contributed by atoms with Crippen molar-refractivity contribution in [2.45, 2.75) is 47.5 Å². The molecule has 1 aliphatic rings. The first-order valence-corrected chi connectivity index (χ1v) is 5.02. The smallest absolute Gasteiger partial charge is 0.0137 e. The van der Waals surface area contributed by atoms with Gasteiger partial charge in [0.1, 0.15) is 0 Å². The van der Waals surface area contributed by atoms with Crippen molar-refractivity contribution >= 4 is 0 Å². The van der Waals surface area contributed by atoms with Crippen molar-refractivity contribution in [3.8, 4) is 0 Å². The van der Waals surface area contributed by atoms with Gasteiger partial charge in [-0.05, 0) is 18.3 Å². The molecule has 0 bridgehead atoms. The van der Waals surface area contributed by atoms with Gasteiger partial charge in [0, 0.05) is 0 Å². The van der Waals surface area contributed by atoms with Crippen molar-refractivity contribution in [2.24, 2.45) is 5.41 Å². The Morgan fingerprint density at radius 1 is 1.33 bits per heavy atom. The van der Waals surface area contributed by atoms with Crippen LogP contribution < -0.4 is 0 Å². The Kier molecular flexibility index (Phi) is 4.96. The molecule has 0 heterocycles. The maximum absolute atomic E-state index is 2.35. The maximum atomic E-state index is 2.35. The minimum atomic E-state index is 0.401. The highest BCUT2D eigenvalue weighted by molar-refractivity contribution is 5.25. The summed E-state index contributed by atoms with van der Waals surface area (Å²) >= 11 is 0. The molecule has 0 N–H and O–H groups in total. The Balaban J connectivity index is 0.000000561. The van der Waals surface area contributed by atoms with Gasteiger partial charge in [-0.2, -0.15) is 0 Å². The monoisotopic (exact) mass is 166 g/mol. The molecule has 0 heteroatoms. The first-order valence-electron chi connectivity index (χ1n) is 5.02. The van der Waals surface area contributed by atoms with Crippen molar-refractivity contribution < 1.29 is 0 Å². The van der Waals surface area contributed by atoms with Gasteiger partial charge in [-0.3, -0.25) is 0 Å². The highest BCUT2D eigenvalue weighted by atomic mass is 14.2. The lowest BCUT2D eigenvalue weighted by Gasteiger charge is -2.22. The molecule has 0 fully saturated rings. The second kappa shape index (κ2) is 5.18. The molecule has 1 aliphatic carbocycles. The van der Waals surface area contributed by atoms with E-state index >= 15 is 0 Å². The second-order valence-corrected chi connectivity index (χ2v) is 3.66. The molecule has 0 atom stereocenters. The molecule has 12 heavy (non-hydrogen) atoms. The third kappa shape index (κ3) is 3.75. The van der Waals surface area contributed by atoms with Crippen LogP contribution in [0.4, 0.5) is 0 Å². The van der Waals surface area contributed by atoms with Crippen molar-refractivity contribution in [1.82, 2.24) is 0 Å². The summed E-state index contributed by atoms with van der Waals surface area (Å²) in [6, 6.07) is 0. The standard InChI is InChI=1S/C10H16.C2H6/c1-4-9-5-7-10(2,3)8-6-9;1-2/h5-7H,4,8H2,1-3H3;1-2H3. The minimum absolute atomic E-state index is 0.401. The highest BCUT2D eigenvalue weighted by Crippen LogP contribution is 2.28. The quantitative estimate of drug-likeness (QED) is 0.543. The Morgan fingerprint density at radius 2 is 1.92 bits per heavy atom. The second-order valence-electron chi connectivity index (χ2n) is 3.66. The van der Waals surface area contributed by atoms with E-state index in [0.29, 0.717) is 5.41 Å². The Morgan fingerprint density at radius 3 is 2.25 bits per heavy atom. The van der Waals surface area contributed by atoms with Crippen molar-refractivity contribution in [2.75, 3.05) is 0 Å². The van der Waals surface area contributed by atoms with Gasteiger partial charge < -0.3 is 0 Å². The van der Waals surface area contributed by atoms with E-state index < -0.39 is 0 Å². The molecule has 0 aromatic rings. The number of hydrogen-bond donors (Lipinski definition) is 0. The van der Waals surface area contributed by atoms with E-state index in [9.17, 15) is 0 Å². The zero-order valence-electron chi connectivity index (χ0n) is 9.15. The van der Waals surface area contributed by atoms with Crippen LogP contribution in [0.25, 0.3) is 0 Å². The van der Waals surface area contributed by atoms with Crippen LogP contribution in [0.1, 0.15) is 47.5 Å². The van der Waals surface area contributed by atoms with Crippen LogP contribution in [0.15, 0.2) is 23.8 Å². The minimum Gasteiger partial charge on any atom is -0.0805 e. The fraction of sp³-hybridized carbons (Fsp3) is 0.667. The number of rotatable bonds is 1. The SMILES string of the molecule is CC.CCC1=CCC(C)(C)C=C1. The molecular weight excluding hydrogens is 144 g/mol. The summed E-state index contributed by atoms with van der Waals surface area (Å²) in [5.74, 6) is 0. The van der Waals surface area contributed by atoms with E-state index in [4.69, 9.17) is 0 Å². The molecular formula is C12H22. The Labute approximate surface area is 77.4 Å². The summed E-state index contributed by atoms with van der Waals surface area (Å²) in [6.07, 6.45) is 9.29.